The Balaban J connectivity index is 2.04. The molecule has 2 atom stereocenters. The van der Waals surface area contributed by atoms with E-state index in [-0.39, 0.29) is 17.9 Å². The fourth-order valence-corrected chi connectivity index (χ4v) is 2.69. The summed E-state index contributed by atoms with van der Waals surface area (Å²) in [4.78, 5) is 18.6. The van der Waals surface area contributed by atoms with Crippen LogP contribution in [0, 0.1) is 5.92 Å². The summed E-state index contributed by atoms with van der Waals surface area (Å²) in [6, 6.07) is 4.27. The molecule has 2 heterocycles. The Morgan fingerprint density at radius 3 is 2.95 bits per heavy atom. The van der Waals surface area contributed by atoms with E-state index in [1.54, 1.807) is 12.4 Å². The molecule has 19 heavy (non-hydrogen) atoms. The number of hydrogen-bond acceptors (Lipinski definition) is 3. The topological polar surface area (TPSA) is 45.2 Å². The molecule has 1 aromatic heterocycles. The van der Waals surface area contributed by atoms with E-state index in [1.165, 1.54) is 5.56 Å². The zero-order valence-corrected chi connectivity index (χ0v) is 11.8. The van der Waals surface area contributed by atoms with E-state index in [0.29, 0.717) is 0 Å². The minimum atomic E-state index is 0.0439. The fraction of sp³-hybridized carbons (Fsp3) is 0.600. The molecule has 1 saturated heterocycles. The van der Waals surface area contributed by atoms with Gasteiger partial charge in [0.15, 0.2) is 0 Å². The quantitative estimate of drug-likeness (QED) is 0.881. The highest BCUT2D eigenvalue weighted by molar-refractivity contribution is 5.79. The van der Waals surface area contributed by atoms with Crippen LogP contribution >= 0.6 is 0 Å². The van der Waals surface area contributed by atoms with Gasteiger partial charge in [-0.15, -0.1) is 0 Å². The van der Waals surface area contributed by atoms with E-state index in [2.05, 4.69) is 17.2 Å². The van der Waals surface area contributed by atoms with Gasteiger partial charge >= 0.3 is 0 Å². The Kier molecular flexibility index (Phi) is 4.91. The highest BCUT2D eigenvalue weighted by Gasteiger charge is 2.31. The lowest BCUT2D eigenvalue weighted by Crippen LogP contribution is -2.38. The average Bonchev–Trinajstić information content (AvgIpc) is 2.94. The van der Waals surface area contributed by atoms with Crippen molar-refractivity contribution in [2.75, 3.05) is 19.6 Å². The summed E-state index contributed by atoms with van der Waals surface area (Å²) in [5, 5.41) is 3.25. The summed E-state index contributed by atoms with van der Waals surface area (Å²) in [7, 11) is 0. The van der Waals surface area contributed by atoms with Gasteiger partial charge < -0.3 is 10.2 Å². The van der Waals surface area contributed by atoms with Gasteiger partial charge in [-0.3, -0.25) is 9.78 Å². The van der Waals surface area contributed by atoms with E-state index in [0.717, 1.165) is 32.5 Å². The molecule has 1 fully saturated rings. The zero-order valence-electron chi connectivity index (χ0n) is 11.8. The van der Waals surface area contributed by atoms with E-state index >= 15 is 0 Å². The van der Waals surface area contributed by atoms with Crippen molar-refractivity contribution in [1.29, 1.82) is 0 Å². The second-order valence-corrected chi connectivity index (χ2v) is 5.18. The molecule has 1 amide bonds. The number of pyridine rings is 1. The van der Waals surface area contributed by atoms with Gasteiger partial charge in [0.2, 0.25) is 5.91 Å². The molecule has 2 unspecified atom stereocenters. The summed E-state index contributed by atoms with van der Waals surface area (Å²) >= 11 is 0. The molecule has 1 aromatic rings. The number of aromatic nitrogens is 1. The van der Waals surface area contributed by atoms with Crippen molar-refractivity contribution >= 4 is 5.91 Å². The highest BCUT2D eigenvalue weighted by atomic mass is 16.2. The van der Waals surface area contributed by atoms with Crippen molar-refractivity contribution in [3.8, 4) is 0 Å². The van der Waals surface area contributed by atoms with Crippen LogP contribution < -0.4 is 5.32 Å². The predicted molar refractivity (Wildman–Crippen MR) is 75.6 cm³/mol. The third-order valence-corrected chi connectivity index (χ3v) is 3.75. The molecule has 0 saturated carbocycles. The molecule has 0 aromatic carbocycles. The third-order valence-electron chi connectivity index (χ3n) is 3.75. The number of carbonyl (C=O) groups is 1. The molecule has 1 aliphatic heterocycles. The molecule has 4 nitrogen and oxygen atoms in total. The van der Waals surface area contributed by atoms with Crippen LogP contribution in [0.1, 0.15) is 38.3 Å². The molecule has 0 bridgehead atoms. The molecule has 104 valence electrons. The standard InChI is InChI=1S/C15H23N3O/c1-3-16-11-12(2)15(19)18-10-4-5-14(18)13-6-8-17-9-7-13/h6-9,12,14,16H,3-5,10-11H2,1-2H3. The maximum absolute atomic E-state index is 12.5. The lowest BCUT2D eigenvalue weighted by atomic mass is 10.0. The third kappa shape index (κ3) is 3.32. The number of rotatable bonds is 5. The van der Waals surface area contributed by atoms with Crippen LogP contribution in [-0.4, -0.2) is 35.4 Å². The zero-order chi connectivity index (χ0) is 13.7. The lowest BCUT2D eigenvalue weighted by molar-refractivity contribution is -0.135. The molecule has 0 aliphatic carbocycles. The summed E-state index contributed by atoms with van der Waals surface area (Å²) in [6.07, 6.45) is 5.76. The van der Waals surface area contributed by atoms with Crippen molar-refractivity contribution in [1.82, 2.24) is 15.2 Å². The number of hydrogen-bond donors (Lipinski definition) is 1. The van der Waals surface area contributed by atoms with Crippen LogP contribution in [-0.2, 0) is 4.79 Å². The van der Waals surface area contributed by atoms with Crippen molar-refractivity contribution in [3.63, 3.8) is 0 Å². The molecule has 1 aliphatic rings. The van der Waals surface area contributed by atoms with Crippen LogP contribution in [0.2, 0.25) is 0 Å². The summed E-state index contributed by atoms with van der Waals surface area (Å²) in [5.41, 5.74) is 1.21. The Morgan fingerprint density at radius 2 is 2.26 bits per heavy atom. The number of carbonyl (C=O) groups excluding carboxylic acids is 1. The van der Waals surface area contributed by atoms with Crippen LogP contribution in [0.4, 0.5) is 0 Å². The SMILES string of the molecule is CCNCC(C)C(=O)N1CCCC1c1ccncc1. The molecule has 1 N–H and O–H groups in total. The number of amides is 1. The predicted octanol–water partition coefficient (Wildman–Crippen LogP) is 1.99. The van der Waals surface area contributed by atoms with Crippen LogP contribution in [0.25, 0.3) is 0 Å². The normalized spacial score (nSPS) is 20.5. The maximum atomic E-state index is 12.5. The van der Waals surface area contributed by atoms with Crippen LogP contribution in [0.15, 0.2) is 24.5 Å². The van der Waals surface area contributed by atoms with Crippen molar-refractivity contribution in [3.05, 3.63) is 30.1 Å². The molecule has 4 heteroatoms. The monoisotopic (exact) mass is 261 g/mol. The van der Waals surface area contributed by atoms with Crippen LogP contribution in [0.5, 0.6) is 0 Å². The van der Waals surface area contributed by atoms with Crippen molar-refractivity contribution in [2.45, 2.75) is 32.7 Å². The second kappa shape index (κ2) is 6.66. The molecule has 2 rings (SSSR count). The number of nitrogens with one attached hydrogen (secondary N) is 1. The molecular weight excluding hydrogens is 238 g/mol. The first-order valence-corrected chi connectivity index (χ1v) is 7.15. The molecule has 0 radical (unpaired) electrons. The van der Waals surface area contributed by atoms with Gasteiger partial charge in [-0.1, -0.05) is 13.8 Å². The highest BCUT2D eigenvalue weighted by Crippen LogP contribution is 2.32. The Morgan fingerprint density at radius 1 is 1.53 bits per heavy atom. The Hall–Kier alpha value is -1.42. The van der Waals surface area contributed by atoms with Gasteiger partial charge in [0, 0.05) is 31.4 Å². The van der Waals surface area contributed by atoms with Gasteiger partial charge in [-0.2, -0.15) is 0 Å². The minimum absolute atomic E-state index is 0.0439. The Labute approximate surface area is 115 Å². The average molecular weight is 261 g/mol. The van der Waals surface area contributed by atoms with E-state index in [4.69, 9.17) is 0 Å². The minimum Gasteiger partial charge on any atom is -0.335 e. The fourth-order valence-electron chi connectivity index (χ4n) is 2.69. The number of nitrogens with zero attached hydrogens (tertiary/aromatic N) is 2. The first kappa shape index (κ1) is 14.0. The van der Waals surface area contributed by atoms with Gasteiger partial charge in [0.25, 0.3) is 0 Å². The van der Waals surface area contributed by atoms with Crippen LogP contribution in [0.3, 0.4) is 0 Å². The largest absolute Gasteiger partial charge is 0.335 e. The maximum Gasteiger partial charge on any atom is 0.227 e. The summed E-state index contributed by atoms with van der Waals surface area (Å²) in [5.74, 6) is 0.308. The first-order valence-electron chi connectivity index (χ1n) is 7.15. The van der Waals surface area contributed by atoms with Gasteiger partial charge in [0.1, 0.15) is 0 Å². The smallest absolute Gasteiger partial charge is 0.227 e. The molecule has 0 spiro atoms. The second-order valence-electron chi connectivity index (χ2n) is 5.18. The lowest BCUT2D eigenvalue weighted by Gasteiger charge is -2.28. The molecular formula is C15H23N3O. The van der Waals surface area contributed by atoms with Gasteiger partial charge in [-0.05, 0) is 37.1 Å². The Bertz CT molecular complexity index is 407. The van der Waals surface area contributed by atoms with Gasteiger partial charge in [0.05, 0.1) is 6.04 Å². The van der Waals surface area contributed by atoms with Gasteiger partial charge in [-0.25, -0.2) is 0 Å². The number of likely N-dealkylation sites (tertiary alicyclic amines) is 1. The van der Waals surface area contributed by atoms with Crippen molar-refractivity contribution < 1.29 is 4.79 Å². The van der Waals surface area contributed by atoms with Crippen molar-refractivity contribution in [2.24, 2.45) is 5.92 Å². The first-order chi connectivity index (χ1) is 9.24. The summed E-state index contributed by atoms with van der Waals surface area (Å²) < 4.78 is 0. The van der Waals surface area contributed by atoms with E-state index in [1.807, 2.05) is 24.0 Å². The summed E-state index contributed by atoms with van der Waals surface area (Å²) in [6.45, 7) is 6.61. The van der Waals surface area contributed by atoms with E-state index in [9.17, 15) is 4.79 Å². The van der Waals surface area contributed by atoms with E-state index < -0.39 is 0 Å².